The van der Waals surface area contributed by atoms with E-state index in [0.717, 1.165) is 16.7 Å². The van der Waals surface area contributed by atoms with Gasteiger partial charge in [-0.2, -0.15) is 0 Å². The van der Waals surface area contributed by atoms with Crippen LogP contribution in [-0.2, 0) is 0 Å². The summed E-state index contributed by atoms with van der Waals surface area (Å²) in [5.74, 6) is 0.292. The molecule has 4 aromatic rings. The maximum absolute atomic E-state index is 10.1. The van der Waals surface area contributed by atoms with Crippen LogP contribution in [0.15, 0.2) is 91.0 Å². The Labute approximate surface area is 146 Å². The van der Waals surface area contributed by atoms with Crippen LogP contribution in [0.2, 0.25) is 0 Å². The van der Waals surface area contributed by atoms with E-state index >= 15 is 0 Å². The summed E-state index contributed by atoms with van der Waals surface area (Å²) in [5, 5.41) is 10.1. The summed E-state index contributed by atoms with van der Waals surface area (Å²) in [6, 6.07) is 31.2. The summed E-state index contributed by atoms with van der Waals surface area (Å²) in [4.78, 5) is 0. The van der Waals surface area contributed by atoms with Gasteiger partial charge >= 0.3 is 0 Å². The highest BCUT2D eigenvalue weighted by molar-refractivity contribution is 6.03. The third kappa shape index (κ3) is 2.10. The van der Waals surface area contributed by atoms with Crippen LogP contribution in [0.5, 0.6) is 5.75 Å². The number of fused-ring (bicyclic) bond motifs is 8. The predicted octanol–water partition coefficient (Wildman–Crippen LogP) is 6.37. The molecule has 0 bridgehead atoms. The summed E-state index contributed by atoms with van der Waals surface area (Å²) in [5.41, 5.74) is 9.44. The molecular formula is C24H16O. The zero-order valence-corrected chi connectivity index (χ0v) is 13.6. The monoisotopic (exact) mass is 320 g/mol. The molecule has 1 N–H and O–H groups in total. The van der Waals surface area contributed by atoms with Gasteiger partial charge in [0.25, 0.3) is 0 Å². The molecule has 1 heteroatoms. The minimum atomic E-state index is 0.292. The van der Waals surface area contributed by atoms with Crippen molar-refractivity contribution in [1.29, 1.82) is 0 Å². The van der Waals surface area contributed by atoms with Crippen LogP contribution in [0, 0.1) is 0 Å². The summed E-state index contributed by atoms with van der Waals surface area (Å²) in [6.07, 6.45) is 0. The van der Waals surface area contributed by atoms with E-state index in [-0.39, 0.29) is 0 Å². The first-order valence-corrected chi connectivity index (χ1v) is 8.44. The highest BCUT2D eigenvalue weighted by atomic mass is 16.3. The number of hydrogen-bond donors (Lipinski definition) is 1. The lowest BCUT2D eigenvalue weighted by atomic mass is 9.81. The zero-order chi connectivity index (χ0) is 16.8. The average molecular weight is 320 g/mol. The first-order valence-electron chi connectivity index (χ1n) is 8.44. The van der Waals surface area contributed by atoms with E-state index in [4.69, 9.17) is 0 Å². The maximum atomic E-state index is 10.1. The fraction of sp³-hybridized carbons (Fsp3) is 0. The lowest BCUT2D eigenvalue weighted by Crippen LogP contribution is -1.96. The third-order valence-electron chi connectivity index (χ3n) is 4.95. The average Bonchev–Trinajstić information content (AvgIpc) is 2.67. The Morgan fingerprint density at radius 3 is 1.08 bits per heavy atom. The second-order valence-electron chi connectivity index (χ2n) is 6.37. The van der Waals surface area contributed by atoms with Crippen molar-refractivity contribution in [3.05, 3.63) is 91.0 Å². The van der Waals surface area contributed by atoms with Gasteiger partial charge in [-0.1, -0.05) is 78.9 Å². The zero-order valence-electron chi connectivity index (χ0n) is 13.6. The van der Waals surface area contributed by atoms with Gasteiger partial charge in [0.2, 0.25) is 0 Å². The fourth-order valence-electron chi connectivity index (χ4n) is 3.85. The van der Waals surface area contributed by atoms with E-state index in [2.05, 4.69) is 72.8 Å². The van der Waals surface area contributed by atoms with Gasteiger partial charge in [0.15, 0.2) is 0 Å². The Morgan fingerprint density at radius 1 is 0.360 bits per heavy atom. The van der Waals surface area contributed by atoms with Crippen molar-refractivity contribution in [3.63, 3.8) is 0 Å². The molecule has 0 amide bonds. The van der Waals surface area contributed by atoms with Crippen molar-refractivity contribution in [1.82, 2.24) is 0 Å². The maximum Gasteiger partial charge on any atom is 0.116 e. The standard InChI is InChI=1S/C24H16O/c25-16-13-14-23-21-11-4-3-9-19(21)17-7-1-2-8-18(17)20-10-5-6-12-22(20)24(23)15-16/h1-15,25H. The quantitative estimate of drug-likeness (QED) is 0.351. The Bertz CT molecular complexity index is 1100. The van der Waals surface area contributed by atoms with Gasteiger partial charge in [-0.05, 0) is 56.6 Å². The molecule has 0 unspecified atom stereocenters. The Balaban J connectivity index is 2.01. The van der Waals surface area contributed by atoms with Gasteiger partial charge in [-0.15, -0.1) is 0 Å². The van der Waals surface area contributed by atoms with Crippen LogP contribution in [0.1, 0.15) is 0 Å². The molecular weight excluding hydrogens is 304 g/mol. The van der Waals surface area contributed by atoms with E-state index in [0.29, 0.717) is 5.75 Å². The van der Waals surface area contributed by atoms with E-state index in [9.17, 15) is 5.11 Å². The number of benzene rings is 4. The number of rotatable bonds is 0. The molecule has 1 aliphatic rings. The van der Waals surface area contributed by atoms with Crippen LogP contribution >= 0.6 is 0 Å². The third-order valence-corrected chi connectivity index (χ3v) is 4.95. The lowest BCUT2D eigenvalue weighted by Gasteiger charge is -2.23. The summed E-state index contributed by atoms with van der Waals surface area (Å²) in [6.45, 7) is 0. The van der Waals surface area contributed by atoms with Gasteiger partial charge in [0.1, 0.15) is 5.75 Å². The molecule has 1 nitrogen and oxygen atoms in total. The molecule has 25 heavy (non-hydrogen) atoms. The molecule has 0 atom stereocenters. The molecule has 0 aliphatic heterocycles. The largest absolute Gasteiger partial charge is 0.508 e. The van der Waals surface area contributed by atoms with Crippen molar-refractivity contribution < 1.29 is 5.11 Å². The van der Waals surface area contributed by atoms with Gasteiger partial charge in [0, 0.05) is 0 Å². The predicted molar refractivity (Wildman–Crippen MR) is 103 cm³/mol. The smallest absolute Gasteiger partial charge is 0.116 e. The van der Waals surface area contributed by atoms with Crippen LogP contribution in [-0.4, -0.2) is 5.11 Å². The Kier molecular flexibility index (Phi) is 3.01. The molecule has 0 fully saturated rings. The van der Waals surface area contributed by atoms with Crippen molar-refractivity contribution in [2.24, 2.45) is 0 Å². The molecule has 4 aromatic carbocycles. The summed E-state index contributed by atoms with van der Waals surface area (Å²) in [7, 11) is 0. The minimum Gasteiger partial charge on any atom is -0.508 e. The van der Waals surface area contributed by atoms with E-state index < -0.39 is 0 Å². The SMILES string of the molecule is Oc1ccc2c(c1)-c1ccccc1-c1ccccc1-c1ccccc1-2. The summed E-state index contributed by atoms with van der Waals surface area (Å²) >= 11 is 0. The van der Waals surface area contributed by atoms with Crippen LogP contribution < -0.4 is 0 Å². The first kappa shape index (κ1) is 14.1. The van der Waals surface area contributed by atoms with Gasteiger partial charge in [0.05, 0.1) is 0 Å². The Hall–Kier alpha value is -3.32. The van der Waals surface area contributed by atoms with Crippen molar-refractivity contribution in [3.8, 4) is 50.3 Å². The molecule has 0 heterocycles. The van der Waals surface area contributed by atoms with E-state index in [1.165, 1.54) is 27.8 Å². The Morgan fingerprint density at radius 2 is 0.680 bits per heavy atom. The molecule has 0 saturated carbocycles. The number of phenols is 1. The topological polar surface area (TPSA) is 20.2 Å². The van der Waals surface area contributed by atoms with Crippen molar-refractivity contribution >= 4 is 0 Å². The minimum absolute atomic E-state index is 0.292. The lowest BCUT2D eigenvalue weighted by molar-refractivity contribution is 0.475. The highest BCUT2D eigenvalue weighted by Gasteiger charge is 2.21. The number of hydrogen-bond acceptors (Lipinski definition) is 1. The number of phenolic OH excluding ortho intramolecular Hbond substituents is 1. The molecule has 5 rings (SSSR count). The normalized spacial score (nSPS) is 11.4. The van der Waals surface area contributed by atoms with Gasteiger partial charge < -0.3 is 5.11 Å². The second kappa shape index (κ2) is 5.35. The first-order chi connectivity index (χ1) is 12.3. The molecule has 0 aromatic heterocycles. The second-order valence-corrected chi connectivity index (χ2v) is 6.37. The fourth-order valence-corrected chi connectivity index (χ4v) is 3.85. The number of aromatic hydroxyl groups is 1. The molecule has 0 spiro atoms. The van der Waals surface area contributed by atoms with Crippen LogP contribution in [0.4, 0.5) is 0 Å². The van der Waals surface area contributed by atoms with Crippen molar-refractivity contribution in [2.45, 2.75) is 0 Å². The molecule has 118 valence electrons. The molecule has 0 saturated heterocycles. The summed E-state index contributed by atoms with van der Waals surface area (Å²) < 4.78 is 0. The highest BCUT2D eigenvalue weighted by Crippen LogP contribution is 2.47. The molecule has 0 radical (unpaired) electrons. The van der Waals surface area contributed by atoms with E-state index in [1.807, 2.05) is 12.1 Å². The van der Waals surface area contributed by atoms with E-state index in [1.54, 1.807) is 6.07 Å². The van der Waals surface area contributed by atoms with Gasteiger partial charge in [-0.25, -0.2) is 0 Å². The van der Waals surface area contributed by atoms with Crippen LogP contribution in [0.3, 0.4) is 0 Å². The van der Waals surface area contributed by atoms with Gasteiger partial charge in [-0.3, -0.25) is 0 Å². The van der Waals surface area contributed by atoms with Crippen molar-refractivity contribution in [2.75, 3.05) is 0 Å². The molecule has 1 aliphatic carbocycles. The van der Waals surface area contributed by atoms with Crippen LogP contribution in [0.25, 0.3) is 44.5 Å².